The van der Waals surface area contributed by atoms with E-state index < -0.39 is 0 Å². The summed E-state index contributed by atoms with van der Waals surface area (Å²) in [6, 6.07) is 8.59. The fourth-order valence-electron chi connectivity index (χ4n) is 1.83. The van der Waals surface area contributed by atoms with Crippen molar-refractivity contribution >= 4 is 28.4 Å². The van der Waals surface area contributed by atoms with Gasteiger partial charge in [-0.15, -0.1) is 0 Å². The molecule has 1 amide bonds. The van der Waals surface area contributed by atoms with E-state index in [-0.39, 0.29) is 11.7 Å². The van der Waals surface area contributed by atoms with E-state index in [2.05, 4.69) is 10.4 Å². The number of rotatable bonds is 2. The van der Waals surface area contributed by atoms with Gasteiger partial charge in [-0.25, -0.2) is 0 Å². The first kappa shape index (κ1) is 11.3. The Kier molecular flexibility index (Phi) is 2.49. The van der Waals surface area contributed by atoms with Crippen molar-refractivity contribution in [3.05, 3.63) is 42.3 Å². The van der Waals surface area contributed by atoms with Crippen LogP contribution in [0.25, 0.3) is 11.0 Å². The van der Waals surface area contributed by atoms with Crippen LogP contribution in [0, 0.1) is 0 Å². The van der Waals surface area contributed by atoms with E-state index in [1.807, 2.05) is 0 Å². The SMILES string of the molecule is Cn1ccc(NC(=O)c2cc3cc(N)ccc3o2)n1. The highest BCUT2D eigenvalue weighted by Crippen LogP contribution is 2.22. The third kappa shape index (κ3) is 2.15. The van der Waals surface area contributed by atoms with E-state index in [4.69, 9.17) is 10.2 Å². The fraction of sp³-hybridized carbons (Fsp3) is 0.0769. The number of fused-ring (bicyclic) bond motifs is 1. The van der Waals surface area contributed by atoms with Crippen molar-refractivity contribution in [2.45, 2.75) is 0 Å². The van der Waals surface area contributed by atoms with E-state index >= 15 is 0 Å². The number of nitrogens with zero attached hydrogens (tertiary/aromatic N) is 2. The number of nitrogen functional groups attached to an aromatic ring is 1. The molecule has 0 atom stereocenters. The average Bonchev–Trinajstić information content (AvgIpc) is 2.95. The standard InChI is InChI=1S/C13H12N4O2/c1-17-5-4-12(16-17)15-13(18)11-7-8-6-9(14)2-3-10(8)19-11/h2-7H,14H2,1H3,(H,15,16,18). The second kappa shape index (κ2) is 4.16. The van der Waals surface area contributed by atoms with Crippen molar-refractivity contribution in [2.24, 2.45) is 7.05 Å². The van der Waals surface area contributed by atoms with Gasteiger partial charge in [-0.1, -0.05) is 0 Å². The number of amides is 1. The molecule has 0 aliphatic rings. The average molecular weight is 256 g/mol. The minimum atomic E-state index is -0.339. The Hall–Kier alpha value is -2.76. The van der Waals surface area contributed by atoms with E-state index in [0.717, 1.165) is 5.39 Å². The topological polar surface area (TPSA) is 86.1 Å². The zero-order chi connectivity index (χ0) is 13.4. The van der Waals surface area contributed by atoms with E-state index in [9.17, 15) is 4.79 Å². The number of anilines is 2. The predicted molar refractivity (Wildman–Crippen MR) is 71.8 cm³/mol. The number of hydrogen-bond donors (Lipinski definition) is 2. The Balaban J connectivity index is 1.89. The lowest BCUT2D eigenvalue weighted by Gasteiger charge is -1.97. The van der Waals surface area contributed by atoms with Gasteiger partial charge in [0.25, 0.3) is 5.91 Å². The van der Waals surface area contributed by atoms with E-state index in [0.29, 0.717) is 17.1 Å². The Bertz CT molecular complexity index is 757. The zero-order valence-corrected chi connectivity index (χ0v) is 10.3. The number of nitrogens with one attached hydrogen (secondary N) is 1. The quantitative estimate of drug-likeness (QED) is 0.686. The number of furan rings is 1. The van der Waals surface area contributed by atoms with Gasteiger partial charge in [-0.3, -0.25) is 9.48 Å². The molecule has 6 nitrogen and oxygen atoms in total. The Morgan fingerprint density at radius 3 is 2.95 bits per heavy atom. The van der Waals surface area contributed by atoms with Crippen molar-refractivity contribution in [1.82, 2.24) is 9.78 Å². The number of benzene rings is 1. The molecular formula is C13H12N4O2. The molecule has 0 spiro atoms. The van der Waals surface area contributed by atoms with Gasteiger partial charge in [0, 0.05) is 30.4 Å². The second-order valence-electron chi connectivity index (χ2n) is 4.24. The summed E-state index contributed by atoms with van der Waals surface area (Å²) in [5, 5.41) is 7.52. The number of hydrogen-bond acceptors (Lipinski definition) is 4. The van der Waals surface area contributed by atoms with Gasteiger partial charge in [0.05, 0.1) is 0 Å². The first-order valence-corrected chi connectivity index (χ1v) is 5.72. The van der Waals surface area contributed by atoms with Gasteiger partial charge in [0.2, 0.25) is 0 Å². The molecule has 0 radical (unpaired) electrons. The van der Waals surface area contributed by atoms with Gasteiger partial charge in [0.1, 0.15) is 5.58 Å². The maximum absolute atomic E-state index is 12.0. The normalized spacial score (nSPS) is 10.8. The minimum absolute atomic E-state index is 0.228. The lowest BCUT2D eigenvalue weighted by Crippen LogP contribution is -2.11. The van der Waals surface area contributed by atoms with Crippen molar-refractivity contribution in [2.75, 3.05) is 11.1 Å². The van der Waals surface area contributed by atoms with Gasteiger partial charge in [-0.05, 0) is 24.3 Å². The van der Waals surface area contributed by atoms with Crippen LogP contribution in [-0.2, 0) is 7.05 Å². The molecule has 2 aromatic heterocycles. The van der Waals surface area contributed by atoms with Crippen molar-refractivity contribution in [1.29, 1.82) is 0 Å². The number of aryl methyl sites for hydroxylation is 1. The molecule has 0 saturated heterocycles. The summed E-state index contributed by atoms with van der Waals surface area (Å²) in [6.07, 6.45) is 1.74. The van der Waals surface area contributed by atoms with Crippen LogP contribution >= 0.6 is 0 Å². The largest absolute Gasteiger partial charge is 0.451 e. The lowest BCUT2D eigenvalue weighted by atomic mass is 10.2. The maximum Gasteiger partial charge on any atom is 0.292 e. The van der Waals surface area contributed by atoms with Crippen molar-refractivity contribution < 1.29 is 9.21 Å². The summed E-state index contributed by atoms with van der Waals surface area (Å²) in [5.74, 6) is 0.368. The van der Waals surface area contributed by atoms with Gasteiger partial charge >= 0.3 is 0 Å². The fourth-order valence-corrected chi connectivity index (χ4v) is 1.83. The highest BCUT2D eigenvalue weighted by atomic mass is 16.3. The Morgan fingerprint density at radius 1 is 1.37 bits per heavy atom. The van der Waals surface area contributed by atoms with Crippen LogP contribution in [0.5, 0.6) is 0 Å². The van der Waals surface area contributed by atoms with Crippen LogP contribution < -0.4 is 11.1 Å². The monoisotopic (exact) mass is 256 g/mol. The molecule has 6 heteroatoms. The molecule has 19 heavy (non-hydrogen) atoms. The maximum atomic E-state index is 12.0. The Morgan fingerprint density at radius 2 is 2.21 bits per heavy atom. The second-order valence-corrected chi connectivity index (χ2v) is 4.24. The molecule has 3 rings (SSSR count). The molecule has 0 saturated carbocycles. The molecule has 0 aliphatic heterocycles. The molecule has 3 aromatic rings. The van der Waals surface area contributed by atoms with Crippen LogP contribution in [0.4, 0.5) is 11.5 Å². The molecule has 96 valence electrons. The molecule has 1 aromatic carbocycles. The number of nitrogens with two attached hydrogens (primary N) is 1. The molecule has 0 aliphatic carbocycles. The van der Waals surface area contributed by atoms with Crippen LogP contribution in [0.2, 0.25) is 0 Å². The molecule has 2 heterocycles. The summed E-state index contributed by atoms with van der Waals surface area (Å²) in [6.45, 7) is 0. The third-order valence-electron chi connectivity index (χ3n) is 2.72. The van der Waals surface area contributed by atoms with Crippen molar-refractivity contribution in [3.63, 3.8) is 0 Å². The first-order valence-electron chi connectivity index (χ1n) is 5.72. The minimum Gasteiger partial charge on any atom is -0.451 e. The molecule has 0 fully saturated rings. The number of carbonyl (C=O) groups excluding carboxylic acids is 1. The van der Waals surface area contributed by atoms with E-state index in [1.54, 1.807) is 48.3 Å². The van der Waals surface area contributed by atoms with Crippen LogP contribution in [0.1, 0.15) is 10.6 Å². The number of aromatic nitrogens is 2. The summed E-state index contributed by atoms with van der Waals surface area (Å²) in [5.41, 5.74) is 6.94. The van der Waals surface area contributed by atoms with Crippen LogP contribution in [0.3, 0.4) is 0 Å². The summed E-state index contributed by atoms with van der Waals surface area (Å²) < 4.78 is 7.07. The Labute approximate surface area is 108 Å². The molecule has 3 N–H and O–H groups in total. The smallest absolute Gasteiger partial charge is 0.292 e. The summed E-state index contributed by atoms with van der Waals surface area (Å²) >= 11 is 0. The zero-order valence-electron chi connectivity index (χ0n) is 10.3. The molecular weight excluding hydrogens is 244 g/mol. The summed E-state index contributed by atoms with van der Waals surface area (Å²) in [7, 11) is 1.78. The van der Waals surface area contributed by atoms with Gasteiger partial charge in [0.15, 0.2) is 11.6 Å². The summed E-state index contributed by atoms with van der Waals surface area (Å²) in [4.78, 5) is 12.0. The van der Waals surface area contributed by atoms with E-state index in [1.165, 1.54) is 0 Å². The highest BCUT2D eigenvalue weighted by Gasteiger charge is 2.13. The van der Waals surface area contributed by atoms with Crippen molar-refractivity contribution in [3.8, 4) is 0 Å². The van der Waals surface area contributed by atoms with Crippen LogP contribution in [0.15, 0.2) is 40.9 Å². The molecule has 0 bridgehead atoms. The highest BCUT2D eigenvalue weighted by molar-refractivity contribution is 6.04. The third-order valence-corrected chi connectivity index (χ3v) is 2.72. The molecule has 0 unspecified atom stereocenters. The lowest BCUT2D eigenvalue weighted by molar-refractivity contribution is 0.0998. The predicted octanol–water partition coefficient (Wildman–Crippen LogP) is 2.00. The van der Waals surface area contributed by atoms with Gasteiger partial charge < -0.3 is 15.5 Å². The van der Waals surface area contributed by atoms with Gasteiger partial charge in [-0.2, -0.15) is 5.10 Å². The first-order chi connectivity index (χ1) is 9.11. The number of carbonyl (C=O) groups is 1. The van der Waals surface area contributed by atoms with Crippen LogP contribution in [-0.4, -0.2) is 15.7 Å².